The molecule has 1 aromatic carbocycles. The number of carbonyl (C=O) groups is 2. The molecule has 2 N–H and O–H groups in total. The Morgan fingerprint density at radius 3 is 2.21 bits per heavy atom. The van der Waals surface area contributed by atoms with Crippen LogP contribution in [0.5, 0.6) is 0 Å². The molecule has 2 amide bonds. The summed E-state index contributed by atoms with van der Waals surface area (Å²) >= 11 is 0. The zero-order valence-corrected chi connectivity index (χ0v) is 24.0. The van der Waals surface area contributed by atoms with Crippen molar-refractivity contribution < 1.29 is 19.1 Å². The number of unbranched alkanes of at least 4 members (excludes halogenated alkanes) is 1. The van der Waals surface area contributed by atoms with Gasteiger partial charge in [0.25, 0.3) is 0 Å². The van der Waals surface area contributed by atoms with E-state index >= 15 is 0 Å². The highest BCUT2D eigenvalue weighted by Crippen LogP contribution is 2.20. The Bertz CT molecular complexity index is 1150. The lowest BCUT2D eigenvalue weighted by Gasteiger charge is -2.28. The molecule has 210 valence electrons. The molecule has 0 spiro atoms. The first-order chi connectivity index (χ1) is 18.3. The van der Waals surface area contributed by atoms with Gasteiger partial charge in [-0.25, -0.2) is 19.5 Å². The minimum atomic E-state index is -0.736. The van der Waals surface area contributed by atoms with E-state index in [0.717, 1.165) is 29.1 Å². The summed E-state index contributed by atoms with van der Waals surface area (Å²) in [6.07, 6.45) is 6.17. The highest BCUT2D eigenvalue weighted by atomic mass is 16.6. The number of nitrogens with one attached hydrogen (secondary N) is 2. The van der Waals surface area contributed by atoms with Crippen LogP contribution in [0.15, 0.2) is 36.5 Å². The number of anilines is 3. The Kier molecular flexibility index (Phi) is 11.3. The molecular weight excluding hydrogens is 496 g/mol. The second-order valence-electron chi connectivity index (χ2n) is 10.9. The number of aromatic nitrogens is 2. The van der Waals surface area contributed by atoms with Gasteiger partial charge in [-0.15, -0.1) is 0 Å². The van der Waals surface area contributed by atoms with Gasteiger partial charge in [-0.05, 0) is 85.1 Å². The molecule has 10 heteroatoms. The third-order valence-corrected chi connectivity index (χ3v) is 4.91. The molecule has 0 unspecified atom stereocenters. The Balaban J connectivity index is 2.07. The van der Waals surface area contributed by atoms with E-state index in [0.29, 0.717) is 30.2 Å². The minimum Gasteiger partial charge on any atom is -0.443 e. The third kappa shape index (κ3) is 11.4. The topological polar surface area (TPSA) is 129 Å². The van der Waals surface area contributed by atoms with Crippen molar-refractivity contribution in [2.75, 3.05) is 23.7 Å². The number of rotatable bonds is 10. The van der Waals surface area contributed by atoms with Crippen molar-refractivity contribution >= 4 is 35.7 Å². The second-order valence-corrected chi connectivity index (χ2v) is 10.9. The van der Waals surface area contributed by atoms with Crippen molar-refractivity contribution in [1.82, 2.24) is 14.9 Å². The second kappa shape index (κ2) is 14.1. The first kappa shape index (κ1) is 31.1. The van der Waals surface area contributed by atoms with Crippen LogP contribution in [-0.4, -0.2) is 51.3 Å². The van der Waals surface area contributed by atoms with Crippen LogP contribution < -0.4 is 10.6 Å². The fourth-order valence-electron chi connectivity index (χ4n) is 3.18. The minimum absolute atomic E-state index is 0.152. The summed E-state index contributed by atoms with van der Waals surface area (Å²) in [7, 11) is 0. The molecule has 0 aliphatic heterocycles. The van der Waals surface area contributed by atoms with Gasteiger partial charge in [-0.1, -0.05) is 19.1 Å². The lowest BCUT2D eigenvalue weighted by Crippen LogP contribution is -2.44. The van der Waals surface area contributed by atoms with Gasteiger partial charge in [0.05, 0.1) is 11.6 Å². The lowest BCUT2D eigenvalue weighted by atomic mass is 10.2. The Hall–Kier alpha value is -4.13. The van der Waals surface area contributed by atoms with Crippen molar-refractivity contribution in [3.05, 3.63) is 47.7 Å². The van der Waals surface area contributed by atoms with E-state index in [9.17, 15) is 9.59 Å². The largest absolute Gasteiger partial charge is 0.443 e. The molecule has 0 bridgehead atoms. The molecule has 2 rings (SSSR count). The Morgan fingerprint density at radius 1 is 1.05 bits per heavy atom. The van der Waals surface area contributed by atoms with Crippen molar-refractivity contribution in [3.8, 4) is 6.07 Å². The summed E-state index contributed by atoms with van der Waals surface area (Å²) in [5.41, 5.74) is 0.691. The molecule has 1 aromatic heterocycles. The Labute approximate surface area is 231 Å². The molecule has 0 atom stereocenters. The quantitative estimate of drug-likeness (QED) is 0.312. The smallest absolute Gasteiger partial charge is 0.419 e. The fraction of sp³-hybridized carbons (Fsp3) is 0.483. The molecule has 0 saturated heterocycles. The fourth-order valence-corrected chi connectivity index (χ4v) is 3.18. The highest BCUT2D eigenvalue weighted by molar-refractivity contribution is 5.88. The number of nitrogens with zero attached hydrogens (tertiary/aromatic N) is 4. The first-order valence-corrected chi connectivity index (χ1v) is 13.1. The number of carbonyl (C=O) groups excluding carboxylic acids is 2. The lowest BCUT2D eigenvalue weighted by molar-refractivity contribution is 0.00133. The molecule has 0 radical (unpaired) electrons. The molecule has 2 aromatic rings. The summed E-state index contributed by atoms with van der Waals surface area (Å²) in [5.74, 6) is 1.12. The van der Waals surface area contributed by atoms with Crippen LogP contribution in [-0.2, 0) is 9.47 Å². The van der Waals surface area contributed by atoms with Crippen LogP contribution in [0.1, 0.15) is 78.9 Å². The van der Waals surface area contributed by atoms with E-state index in [1.165, 1.54) is 0 Å². The molecule has 0 aliphatic carbocycles. The highest BCUT2D eigenvalue weighted by Gasteiger charge is 2.30. The number of imide groups is 1. The van der Waals surface area contributed by atoms with E-state index < -0.39 is 23.4 Å². The van der Waals surface area contributed by atoms with Crippen LogP contribution >= 0.6 is 0 Å². The summed E-state index contributed by atoms with van der Waals surface area (Å²) < 4.78 is 10.8. The van der Waals surface area contributed by atoms with Gasteiger partial charge in [-0.3, -0.25) is 0 Å². The number of nitriles is 1. The molecule has 0 aliphatic rings. The molecule has 0 saturated carbocycles. The number of ether oxygens (including phenoxy) is 2. The van der Waals surface area contributed by atoms with Gasteiger partial charge in [-0.2, -0.15) is 10.2 Å². The van der Waals surface area contributed by atoms with Crippen molar-refractivity contribution in [2.24, 2.45) is 0 Å². The van der Waals surface area contributed by atoms with Crippen molar-refractivity contribution in [3.63, 3.8) is 0 Å². The summed E-state index contributed by atoms with van der Waals surface area (Å²) in [5, 5.41) is 15.5. The van der Waals surface area contributed by atoms with E-state index in [1.807, 2.05) is 12.2 Å². The summed E-state index contributed by atoms with van der Waals surface area (Å²) in [4.78, 5) is 35.3. The van der Waals surface area contributed by atoms with Crippen molar-refractivity contribution in [2.45, 2.75) is 78.9 Å². The van der Waals surface area contributed by atoms with E-state index in [-0.39, 0.29) is 6.54 Å². The Morgan fingerprint density at radius 2 is 1.67 bits per heavy atom. The van der Waals surface area contributed by atoms with Gasteiger partial charge >= 0.3 is 12.2 Å². The first-order valence-electron chi connectivity index (χ1n) is 13.1. The summed E-state index contributed by atoms with van der Waals surface area (Å²) in [6.45, 7) is 13.5. The molecule has 0 fully saturated rings. The van der Waals surface area contributed by atoms with Gasteiger partial charge in [0, 0.05) is 30.5 Å². The molecule has 1 heterocycles. The SMILES string of the molecule is CCCNc1nc(Nc2ccc(C#N)cc2)ncc1C=CCCCN(C(=O)OC(C)(C)C)C(=O)OC(C)(C)C. The number of hydrogen-bond donors (Lipinski definition) is 2. The van der Waals surface area contributed by atoms with Crippen LogP contribution in [0.4, 0.5) is 27.0 Å². The molecule has 39 heavy (non-hydrogen) atoms. The van der Waals surface area contributed by atoms with Gasteiger partial charge < -0.3 is 20.1 Å². The summed E-state index contributed by atoms with van der Waals surface area (Å²) in [6, 6.07) is 9.14. The predicted molar refractivity (Wildman–Crippen MR) is 153 cm³/mol. The maximum absolute atomic E-state index is 12.7. The predicted octanol–water partition coefficient (Wildman–Crippen LogP) is 6.88. The number of hydrogen-bond acceptors (Lipinski definition) is 9. The van der Waals surface area contributed by atoms with Gasteiger partial charge in [0.1, 0.15) is 17.0 Å². The van der Waals surface area contributed by atoms with Gasteiger partial charge in [0.2, 0.25) is 5.95 Å². The van der Waals surface area contributed by atoms with E-state index in [2.05, 4.69) is 33.6 Å². The average molecular weight is 537 g/mol. The standard InChI is InChI=1S/C29H40N6O4/c1-8-17-31-24-22(20-32-25(34-24)33-23-15-13-21(19-30)14-16-23)12-10-9-11-18-35(26(36)38-28(2,3)4)27(37)39-29(5,6)7/h10,12-16,20H,8-9,11,17-18H2,1-7H3,(H2,31,32,33,34). The van der Waals surface area contributed by atoms with Crippen LogP contribution in [0.3, 0.4) is 0 Å². The number of amides is 2. The maximum Gasteiger partial charge on any atom is 0.419 e. The van der Waals surface area contributed by atoms with Crippen LogP contribution in [0.25, 0.3) is 6.08 Å². The number of benzene rings is 1. The zero-order chi connectivity index (χ0) is 29.1. The number of allylic oxidation sites excluding steroid dienone is 1. The van der Waals surface area contributed by atoms with Crippen LogP contribution in [0.2, 0.25) is 0 Å². The normalized spacial score (nSPS) is 11.5. The zero-order valence-electron chi connectivity index (χ0n) is 24.0. The molecular formula is C29H40N6O4. The maximum atomic E-state index is 12.7. The average Bonchev–Trinajstić information content (AvgIpc) is 2.84. The van der Waals surface area contributed by atoms with Crippen LogP contribution in [0, 0.1) is 11.3 Å². The van der Waals surface area contributed by atoms with Crippen molar-refractivity contribution in [1.29, 1.82) is 5.26 Å². The van der Waals surface area contributed by atoms with E-state index in [4.69, 9.17) is 14.7 Å². The van der Waals surface area contributed by atoms with Gasteiger partial charge in [0.15, 0.2) is 0 Å². The monoisotopic (exact) mass is 536 g/mol. The third-order valence-electron chi connectivity index (χ3n) is 4.91. The van der Waals surface area contributed by atoms with E-state index in [1.54, 1.807) is 72.0 Å². The molecule has 10 nitrogen and oxygen atoms in total.